The molecule has 19 heavy (non-hydrogen) atoms. The Kier molecular flexibility index (Phi) is 2.97. The van der Waals surface area contributed by atoms with Crippen LogP contribution in [0.1, 0.15) is 17.3 Å². The summed E-state index contributed by atoms with van der Waals surface area (Å²) in [6.45, 7) is 1.78. The summed E-state index contributed by atoms with van der Waals surface area (Å²) in [7, 11) is 0. The fourth-order valence-corrected chi connectivity index (χ4v) is 2.08. The van der Waals surface area contributed by atoms with Crippen molar-refractivity contribution in [1.29, 1.82) is 0 Å². The number of nitrogens with zero attached hydrogens (tertiary/aromatic N) is 1. The molecule has 1 aromatic rings. The van der Waals surface area contributed by atoms with Crippen molar-refractivity contribution >= 4 is 29.0 Å². The summed E-state index contributed by atoms with van der Waals surface area (Å²) >= 11 is 0. The average molecular weight is 266 g/mol. The van der Waals surface area contributed by atoms with Gasteiger partial charge in [0.15, 0.2) is 11.7 Å². The number of carbonyl (C=O) groups is 3. The third-order valence-electron chi connectivity index (χ3n) is 3.01. The Morgan fingerprint density at radius 2 is 2.11 bits per heavy atom. The van der Waals surface area contributed by atoms with Crippen LogP contribution in [0.25, 0.3) is 0 Å². The molecule has 100 valence electrons. The molecule has 0 aliphatic carbocycles. The fourth-order valence-electron chi connectivity index (χ4n) is 2.08. The lowest BCUT2D eigenvalue weighted by Crippen LogP contribution is -2.48. The number of carboxylic acid groups (broad SMARTS) is 1. The quantitative estimate of drug-likeness (QED) is 0.605. The highest BCUT2D eigenvalue weighted by Gasteiger charge is 2.44. The molecule has 7 heteroatoms. The van der Waals surface area contributed by atoms with E-state index >= 15 is 0 Å². The van der Waals surface area contributed by atoms with Gasteiger partial charge in [0.1, 0.15) is 5.82 Å². The number of nitrogen functional groups attached to an aromatic ring is 1. The molecule has 6 nitrogen and oxygen atoms in total. The number of aliphatic carboxylic acids is 1. The number of nitrogens with two attached hydrogens (primary N) is 1. The zero-order chi connectivity index (χ0) is 14.3. The lowest BCUT2D eigenvalue weighted by molar-refractivity contribution is -0.144. The van der Waals surface area contributed by atoms with Gasteiger partial charge >= 0.3 is 5.97 Å². The van der Waals surface area contributed by atoms with Gasteiger partial charge in [-0.2, -0.15) is 0 Å². The first-order valence-corrected chi connectivity index (χ1v) is 5.55. The maximum absolute atomic E-state index is 13.4. The molecule has 0 saturated heterocycles. The van der Waals surface area contributed by atoms with Crippen LogP contribution in [-0.4, -0.2) is 29.3 Å². The molecule has 1 aliphatic rings. The van der Waals surface area contributed by atoms with Gasteiger partial charge in [0.05, 0.1) is 11.4 Å². The van der Waals surface area contributed by atoms with Crippen LogP contribution in [0.3, 0.4) is 0 Å². The maximum atomic E-state index is 13.4. The van der Waals surface area contributed by atoms with Crippen LogP contribution >= 0.6 is 0 Å². The topological polar surface area (TPSA) is 101 Å². The predicted octanol–water partition coefficient (Wildman–Crippen LogP) is 0.658. The van der Waals surface area contributed by atoms with Gasteiger partial charge in [-0.25, -0.2) is 4.39 Å². The minimum absolute atomic E-state index is 0.138. The largest absolute Gasteiger partial charge is 0.480 e. The smallest absolute Gasteiger partial charge is 0.324 e. The predicted molar refractivity (Wildman–Crippen MR) is 64.3 cm³/mol. The molecule has 0 fully saturated rings. The summed E-state index contributed by atoms with van der Waals surface area (Å²) in [6.07, 6.45) is 0. The second-order valence-electron chi connectivity index (χ2n) is 4.11. The molecule has 1 aromatic carbocycles. The van der Waals surface area contributed by atoms with E-state index in [9.17, 15) is 18.8 Å². The number of carboxylic acids is 1. The highest BCUT2D eigenvalue weighted by atomic mass is 19.1. The van der Waals surface area contributed by atoms with Crippen LogP contribution in [0.4, 0.5) is 15.8 Å². The maximum Gasteiger partial charge on any atom is 0.324 e. The second-order valence-corrected chi connectivity index (χ2v) is 4.11. The van der Waals surface area contributed by atoms with Crippen LogP contribution in [0, 0.1) is 11.7 Å². The summed E-state index contributed by atoms with van der Waals surface area (Å²) in [5, 5.41) is 8.96. The molecule has 0 saturated carbocycles. The van der Waals surface area contributed by atoms with E-state index in [1.54, 1.807) is 6.92 Å². The van der Waals surface area contributed by atoms with Gasteiger partial charge in [-0.05, 0) is 19.1 Å². The lowest BCUT2D eigenvalue weighted by Gasteiger charge is -2.31. The molecular weight excluding hydrogens is 255 g/mol. The third-order valence-corrected chi connectivity index (χ3v) is 3.01. The van der Waals surface area contributed by atoms with Gasteiger partial charge in [0.2, 0.25) is 5.91 Å². The number of amides is 1. The molecule has 1 aliphatic heterocycles. The van der Waals surface area contributed by atoms with Crippen molar-refractivity contribution in [3.8, 4) is 0 Å². The number of rotatable bonds is 2. The molecule has 1 heterocycles. The summed E-state index contributed by atoms with van der Waals surface area (Å²) in [5.41, 5.74) is 5.21. The Morgan fingerprint density at radius 1 is 1.47 bits per heavy atom. The van der Waals surface area contributed by atoms with E-state index in [-0.39, 0.29) is 23.5 Å². The number of hydrogen-bond acceptors (Lipinski definition) is 4. The number of hydrogen-bond donors (Lipinski definition) is 2. The molecule has 0 bridgehead atoms. The van der Waals surface area contributed by atoms with Crippen molar-refractivity contribution in [2.24, 2.45) is 5.92 Å². The Labute approximate surface area is 107 Å². The van der Waals surface area contributed by atoms with Crippen LogP contribution in [-0.2, 0) is 9.59 Å². The summed E-state index contributed by atoms with van der Waals surface area (Å²) in [5.74, 6) is -5.94. The van der Waals surface area contributed by atoms with E-state index in [1.165, 1.54) is 6.07 Å². The number of anilines is 2. The lowest BCUT2D eigenvalue weighted by atomic mass is 9.90. The average Bonchev–Trinajstić information content (AvgIpc) is 2.32. The second kappa shape index (κ2) is 4.34. The minimum atomic E-state index is -1.82. The van der Waals surface area contributed by atoms with Crippen molar-refractivity contribution in [3.05, 3.63) is 23.5 Å². The van der Waals surface area contributed by atoms with Gasteiger partial charge in [0.25, 0.3) is 0 Å². The first kappa shape index (κ1) is 13.0. The van der Waals surface area contributed by atoms with Crippen molar-refractivity contribution in [2.75, 3.05) is 17.2 Å². The number of carbonyl (C=O) groups excluding carboxylic acids is 2. The van der Waals surface area contributed by atoms with Gasteiger partial charge < -0.3 is 15.7 Å². The molecule has 1 amide bonds. The Morgan fingerprint density at radius 3 is 2.63 bits per heavy atom. The number of fused-ring (bicyclic) bond motifs is 1. The van der Waals surface area contributed by atoms with Crippen LogP contribution < -0.4 is 10.6 Å². The Hall–Kier alpha value is -2.44. The van der Waals surface area contributed by atoms with Crippen LogP contribution in [0.5, 0.6) is 0 Å². The normalized spacial score (nSPS) is 18.4. The standard InChI is InChI=1S/C12H11FN2O4/c1-2-15-8-4-7(14)6(13)3-5(8)10(16)9(11(15)17)12(18)19/h3-4,9H,2,14H2,1H3,(H,18,19). The number of benzene rings is 1. The first-order valence-electron chi connectivity index (χ1n) is 5.55. The van der Waals surface area contributed by atoms with Crippen molar-refractivity contribution < 1.29 is 23.9 Å². The van der Waals surface area contributed by atoms with E-state index < -0.39 is 29.4 Å². The molecule has 0 radical (unpaired) electrons. The number of halogens is 1. The van der Waals surface area contributed by atoms with Crippen molar-refractivity contribution in [2.45, 2.75) is 6.92 Å². The van der Waals surface area contributed by atoms with Gasteiger partial charge in [-0.3, -0.25) is 14.4 Å². The minimum Gasteiger partial charge on any atom is -0.480 e. The number of Topliss-reactive ketones (excluding diaryl/α,β-unsaturated/α-hetero) is 1. The Bertz CT molecular complexity index is 600. The van der Waals surface area contributed by atoms with E-state index in [0.717, 1.165) is 11.0 Å². The first-order chi connectivity index (χ1) is 8.88. The molecule has 1 unspecified atom stereocenters. The van der Waals surface area contributed by atoms with Crippen molar-refractivity contribution in [1.82, 2.24) is 0 Å². The molecule has 0 spiro atoms. The molecule has 3 N–H and O–H groups in total. The monoisotopic (exact) mass is 266 g/mol. The third kappa shape index (κ3) is 1.83. The van der Waals surface area contributed by atoms with Crippen LogP contribution in [0.2, 0.25) is 0 Å². The summed E-state index contributed by atoms with van der Waals surface area (Å²) in [6, 6.07) is 2.04. The van der Waals surface area contributed by atoms with E-state index in [0.29, 0.717) is 0 Å². The summed E-state index contributed by atoms with van der Waals surface area (Å²) in [4.78, 5) is 36.0. The van der Waals surface area contributed by atoms with Crippen molar-refractivity contribution in [3.63, 3.8) is 0 Å². The summed E-state index contributed by atoms with van der Waals surface area (Å²) < 4.78 is 13.4. The zero-order valence-electron chi connectivity index (χ0n) is 10.0. The fraction of sp³-hybridized carbons (Fsp3) is 0.250. The number of ketones is 1. The highest BCUT2D eigenvalue weighted by molar-refractivity contribution is 6.30. The van der Waals surface area contributed by atoms with Gasteiger partial charge in [0, 0.05) is 12.1 Å². The molecule has 1 atom stereocenters. The van der Waals surface area contributed by atoms with E-state index in [2.05, 4.69) is 0 Å². The van der Waals surface area contributed by atoms with E-state index in [4.69, 9.17) is 10.8 Å². The molecule has 0 aromatic heterocycles. The highest BCUT2D eigenvalue weighted by Crippen LogP contribution is 2.33. The Balaban J connectivity index is 2.69. The zero-order valence-corrected chi connectivity index (χ0v) is 10.0. The van der Waals surface area contributed by atoms with Crippen LogP contribution in [0.15, 0.2) is 12.1 Å². The molecular formula is C12H11FN2O4. The van der Waals surface area contributed by atoms with Gasteiger partial charge in [-0.15, -0.1) is 0 Å². The molecule has 2 rings (SSSR count). The van der Waals surface area contributed by atoms with E-state index in [1.807, 2.05) is 0 Å². The van der Waals surface area contributed by atoms with Gasteiger partial charge in [-0.1, -0.05) is 0 Å². The SMILES string of the molecule is CCN1C(=O)C(C(=O)O)C(=O)c2cc(F)c(N)cc21.